The summed E-state index contributed by atoms with van der Waals surface area (Å²) in [5, 5.41) is 0.265. The highest BCUT2D eigenvalue weighted by atomic mass is 32.1. The summed E-state index contributed by atoms with van der Waals surface area (Å²) in [7, 11) is 0. The summed E-state index contributed by atoms with van der Waals surface area (Å²) < 4.78 is 0. The van der Waals surface area contributed by atoms with E-state index in [1.54, 1.807) is 0 Å². The quantitative estimate of drug-likeness (QED) is 0.622. The first-order valence-electron chi connectivity index (χ1n) is 4.05. The Kier molecular flexibility index (Phi) is 2.82. The molecule has 1 unspecified atom stereocenters. The molecule has 0 radical (unpaired) electrons. The summed E-state index contributed by atoms with van der Waals surface area (Å²) in [5.41, 5.74) is 0. The van der Waals surface area contributed by atoms with Crippen molar-refractivity contribution in [3.05, 3.63) is 0 Å². The van der Waals surface area contributed by atoms with E-state index >= 15 is 0 Å². The van der Waals surface area contributed by atoms with E-state index in [9.17, 15) is 4.79 Å². The van der Waals surface area contributed by atoms with E-state index in [1.165, 1.54) is 0 Å². The normalized spacial score (nSPS) is 25.3. The number of thiol groups is 1. The summed E-state index contributed by atoms with van der Waals surface area (Å²) >= 11 is 4.27. The van der Waals surface area contributed by atoms with Crippen LogP contribution in [0.2, 0.25) is 0 Å². The molecule has 0 spiro atoms. The minimum Gasteiger partial charge on any atom is -0.341 e. The van der Waals surface area contributed by atoms with Crippen molar-refractivity contribution in [2.75, 3.05) is 13.1 Å². The summed E-state index contributed by atoms with van der Waals surface area (Å²) in [6.07, 6.45) is 0.621. The number of likely N-dealkylation sites (tertiary alicyclic amines) is 1. The lowest BCUT2D eigenvalue weighted by molar-refractivity contribution is -0.128. The second-order valence-electron chi connectivity index (χ2n) is 3.55. The molecule has 3 heteroatoms. The van der Waals surface area contributed by atoms with Gasteiger partial charge in [0.1, 0.15) is 0 Å². The van der Waals surface area contributed by atoms with Crippen molar-refractivity contribution >= 4 is 18.5 Å². The molecule has 1 fully saturated rings. The summed E-state index contributed by atoms with van der Waals surface area (Å²) in [5.74, 6) is 0.830. The van der Waals surface area contributed by atoms with Gasteiger partial charge in [-0.2, -0.15) is 12.6 Å². The predicted octanol–water partition coefficient (Wildman–Crippen LogP) is 1.17. The van der Waals surface area contributed by atoms with Gasteiger partial charge in [-0.3, -0.25) is 4.79 Å². The molecule has 1 rings (SSSR count). The lowest BCUT2D eigenvalue weighted by atomic mass is 10.2. The average molecular weight is 173 g/mol. The Labute approximate surface area is 73.4 Å². The molecule has 1 heterocycles. The second kappa shape index (κ2) is 3.48. The van der Waals surface area contributed by atoms with Crippen molar-refractivity contribution in [2.24, 2.45) is 5.92 Å². The first-order valence-corrected chi connectivity index (χ1v) is 4.57. The van der Waals surface area contributed by atoms with Crippen LogP contribution in [0.1, 0.15) is 20.3 Å². The van der Waals surface area contributed by atoms with Crippen LogP contribution in [0, 0.1) is 5.92 Å². The third kappa shape index (κ3) is 2.40. The van der Waals surface area contributed by atoms with E-state index in [4.69, 9.17) is 0 Å². The molecular weight excluding hydrogens is 158 g/mol. The van der Waals surface area contributed by atoms with Crippen molar-refractivity contribution in [3.8, 4) is 0 Å². The third-order valence-electron chi connectivity index (χ3n) is 1.78. The van der Waals surface area contributed by atoms with Crippen LogP contribution in [-0.4, -0.2) is 29.1 Å². The summed E-state index contributed by atoms with van der Waals surface area (Å²) in [4.78, 5) is 13.1. The van der Waals surface area contributed by atoms with Gasteiger partial charge in [-0.25, -0.2) is 0 Å². The monoisotopic (exact) mass is 173 g/mol. The highest BCUT2D eigenvalue weighted by molar-refractivity contribution is 7.81. The Morgan fingerprint density at radius 3 is 2.73 bits per heavy atom. The van der Waals surface area contributed by atoms with Crippen LogP contribution in [-0.2, 0) is 4.79 Å². The van der Waals surface area contributed by atoms with Crippen LogP contribution in [0.15, 0.2) is 0 Å². The maximum atomic E-state index is 11.2. The molecule has 0 N–H and O–H groups in total. The van der Waals surface area contributed by atoms with E-state index in [2.05, 4.69) is 26.5 Å². The maximum absolute atomic E-state index is 11.2. The van der Waals surface area contributed by atoms with Gasteiger partial charge < -0.3 is 4.90 Å². The average Bonchev–Trinajstić information content (AvgIpc) is 2.09. The first kappa shape index (κ1) is 8.91. The number of nitrogens with zero attached hydrogens (tertiary/aromatic N) is 1. The van der Waals surface area contributed by atoms with Gasteiger partial charge in [-0.15, -0.1) is 0 Å². The zero-order chi connectivity index (χ0) is 8.43. The van der Waals surface area contributed by atoms with Crippen LogP contribution in [0.5, 0.6) is 0 Å². The molecule has 0 bridgehead atoms. The van der Waals surface area contributed by atoms with Gasteiger partial charge in [-0.05, 0) is 5.92 Å². The minimum atomic E-state index is 0.263. The van der Waals surface area contributed by atoms with Gasteiger partial charge in [0.25, 0.3) is 0 Å². The van der Waals surface area contributed by atoms with Crippen molar-refractivity contribution in [1.82, 2.24) is 4.90 Å². The fraction of sp³-hybridized carbons (Fsp3) is 0.875. The van der Waals surface area contributed by atoms with Crippen LogP contribution < -0.4 is 0 Å². The Morgan fingerprint density at radius 2 is 2.36 bits per heavy atom. The van der Waals surface area contributed by atoms with Crippen molar-refractivity contribution in [1.29, 1.82) is 0 Å². The Morgan fingerprint density at radius 1 is 1.73 bits per heavy atom. The largest absolute Gasteiger partial charge is 0.341 e. The smallest absolute Gasteiger partial charge is 0.223 e. The molecule has 2 nitrogen and oxygen atoms in total. The standard InChI is InChI=1S/C8H15NOS/c1-6(2)4-9-5-7(11)3-8(9)10/h6-7,11H,3-5H2,1-2H3. The summed E-state index contributed by atoms with van der Waals surface area (Å²) in [6.45, 7) is 5.97. The van der Waals surface area contributed by atoms with Crippen LogP contribution >= 0.6 is 12.6 Å². The van der Waals surface area contributed by atoms with Crippen LogP contribution in [0.25, 0.3) is 0 Å². The van der Waals surface area contributed by atoms with Gasteiger partial charge in [0.2, 0.25) is 5.91 Å². The highest BCUT2D eigenvalue weighted by Gasteiger charge is 2.26. The van der Waals surface area contributed by atoms with Gasteiger partial charge in [-0.1, -0.05) is 13.8 Å². The zero-order valence-electron chi connectivity index (χ0n) is 7.08. The summed E-state index contributed by atoms with van der Waals surface area (Å²) in [6, 6.07) is 0. The molecule has 0 aromatic carbocycles. The fourth-order valence-electron chi connectivity index (χ4n) is 1.37. The van der Waals surface area contributed by atoms with Gasteiger partial charge in [0, 0.05) is 24.8 Å². The predicted molar refractivity (Wildman–Crippen MR) is 48.8 cm³/mol. The number of amides is 1. The van der Waals surface area contributed by atoms with Crippen LogP contribution in [0.3, 0.4) is 0 Å². The molecule has 11 heavy (non-hydrogen) atoms. The second-order valence-corrected chi connectivity index (χ2v) is 4.28. The van der Waals surface area contributed by atoms with Gasteiger partial charge >= 0.3 is 0 Å². The maximum Gasteiger partial charge on any atom is 0.223 e. The Balaban J connectivity index is 2.41. The first-order chi connectivity index (χ1) is 5.09. The molecule has 64 valence electrons. The molecule has 0 aliphatic carbocycles. The third-order valence-corrected chi connectivity index (χ3v) is 2.13. The van der Waals surface area contributed by atoms with Crippen molar-refractivity contribution < 1.29 is 4.79 Å². The number of carbonyl (C=O) groups is 1. The number of carbonyl (C=O) groups excluding carboxylic acids is 1. The zero-order valence-corrected chi connectivity index (χ0v) is 7.97. The molecule has 0 aromatic rings. The van der Waals surface area contributed by atoms with E-state index in [1.807, 2.05) is 4.90 Å². The molecule has 1 atom stereocenters. The van der Waals surface area contributed by atoms with E-state index < -0.39 is 0 Å². The van der Waals surface area contributed by atoms with E-state index in [0.29, 0.717) is 12.3 Å². The van der Waals surface area contributed by atoms with Crippen molar-refractivity contribution in [2.45, 2.75) is 25.5 Å². The fourth-order valence-corrected chi connectivity index (χ4v) is 1.72. The molecule has 1 aliphatic rings. The number of hydrogen-bond acceptors (Lipinski definition) is 2. The van der Waals surface area contributed by atoms with E-state index in [0.717, 1.165) is 13.1 Å². The van der Waals surface area contributed by atoms with Crippen LogP contribution in [0.4, 0.5) is 0 Å². The molecule has 1 amide bonds. The van der Waals surface area contributed by atoms with Crippen molar-refractivity contribution in [3.63, 3.8) is 0 Å². The Bertz CT molecular complexity index is 158. The SMILES string of the molecule is CC(C)CN1CC(S)CC1=O. The lowest BCUT2D eigenvalue weighted by Crippen LogP contribution is -2.29. The van der Waals surface area contributed by atoms with E-state index in [-0.39, 0.29) is 11.2 Å². The number of rotatable bonds is 2. The number of hydrogen-bond donors (Lipinski definition) is 1. The lowest BCUT2D eigenvalue weighted by Gasteiger charge is -2.17. The van der Waals surface area contributed by atoms with Gasteiger partial charge in [0.05, 0.1) is 0 Å². The molecule has 0 saturated carbocycles. The molecule has 1 aliphatic heterocycles. The molecule has 1 saturated heterocycles. The minimum absolute atomic E-state index is 0.263. The topological polar surface area (TPSA) is 20.3 Å². The highest BCUT2D eigenvalue weighted by Crippen LogP contribution is 2.16. The molecular formula is C8H15NOS. The Hall–Kier alpha value is -0.180. The molecule has 0 aromatic heterocycles. The van der Waals surface area contributed by atoms with Gasteiger partial charge in [0.15, 0.2) is 0 Å².